The molecule has 0 radical (unpaired) electrons. The lowest BCUT2D eigenvalue weighted by atomic mass is 10.2. The minimum absolute atomic E-state index is 0.00848. The van der Waals surface area contributed by atoms with Crippen molar-refractivity contribution in [2.24, 2.45) is 0 Å². The minimum Gasteiger partial charge on any atom is -0.459 e. The van der Waals surface area contributed by atoms with Crippen LogP contribution in [0.2, 0.25) is 5.02 Å². The molecule has 1 unspecified atom stereocenters. The van der Waals surface area contributed by atoms with Crippen LogP contribution in [0, 0.1) is 6.92 Å². The Bertz CT molecular complexity index is 990. The second-order valence-electron chi connectivity index (χ2n) is 6.46. The Morgan fingerprint density at radius 1 is 1.32 bits per heavy atom. The maximum Gasteiger partial charge on any atom is 0.339 e. The van der Waals surface area contributed by atoms with Gasteiger partial charge >= 0.3 is 5.97 Å². The molecule has 1 saturated heterocycles. The summed E-state index contributed by atoms with van der Waals surface area (Å²) >= 11 is 9.41. The van der Waals surface area contributed by atoms with Crippen LogP contribution < -0.4 is 4.72 Å². The lowest BCUT2D eigenvalue weighted by Gasteiger charge is -2.13. The average molecular weight is 489 g/mol. The second kappa shape index (κ2) is 8.82. The highest BCUT2D eigenvalue weighted by atomic mass is 79.9. The molecule has 1 heterocycles. The molecule has 0 bridgehead atoms. The van der Waals surface area contributed by atoms with Crippen LogP contribution >= 0.6 is 27.5 Å². The summed E-state index contributed by atoms with van der Waals surface area (Å²) in [6.07, 6.45) is 1.62. The van der Waals surface area contributed by atoms with Crippen LogP contribution in [-0.4, -0.2) is 33.7 Å². The van der Waals surface area contributed by atoms with E-state index < -0.39 is 16.0 Å². The third-order valence-corrected chi connectivity index (χ3v) is 6.64. The van der Waals surface area contributed by atoms with E-state index in [1.165, 1.54) is 18.2 Å². The number of esters is 1. The topological polar surface area (TPSA) is 81.7 Å². The monoisotopic (exact) mass is 487 g/mol. The van der Waals surface area contributed by atoms with Crippen molar-refractivity contribution in [3.05, 3.63) is 57.0 Å². The molecule has 2 aromatic rings. The number of carbonyl (C=O) groups is 1. The highest BCUT2D eigenvalue weighted by Gasteiger charge is 2.22. The maximum atomic E-state index is 12.8. The first-order valence-corrected chi connectivity index (χ1v) is 11.3. The number of aryl methyl sites for hydroxylation is 1. The van der Waals surface area contributed by atoms with Gasteiger partial charge in [-0.2, -0.15) is 0 Å². The van der Waals surface area contributed by atoms with E-state index >= 15 is 0 Å². The fourth-order valence-electron chi connectivity index (χ4n) is 2.77. The van der Waals surface area contributed by atoms with Crippen LogP contribution in [0.1, 0.15) is 28.8 Å². The number of carbonyl (C=O) groups excluding carboxylic acids is 1. The lowest BCUT2D eigenvalue weighted by Crippen LogP contribution is -2.19. The molecule has 1 aliphatic heterocycles. The Morgan fingerprint density at radius 3 is 2.82 bits per heavy atom. The van der Waals surface area contributed by atoms with Gasteiger partial charge in [-0.25, -0.2) is 13.2 Å². The van der Waals surface area contributed by atoms with Crippen LogP contribution in [0.3, 0.4) is 0 Å². The maximum absolute atomic E-state index is 12.8. The summed E-state index contributed by atoms with van der Waals surface area (Å²) in [5.74, 6) is -0.686. The van der Waals surface area contributed by atoms with Crippen molar-refractivity contribution in [1.82, 2.24) is 0 Å². The third kappa shape index (κ3) is 5.05. The number of halogens is 2. The fraction of sp³-hybridized carbons (Fsp3) is 0.316. The van der Waals surface area contributed by atoms with Crippen LogP contribution in [0.25, 0.3) is 0 Å². The zero-order chi connectivity index (χ0) is 20.3. The van der Waals surface area contributed by atoms with E-state index in [1.54, 1.807) is 12.1 Å². The molecule has 150 valence electrons. The number of nitrogens with one attached hydrogen (secondary N) is 1. The van der Waals surface area contributed by atoms with Crippen molar-refractivity contribution in [2.75, 3.05) is 17.9 Å². The van der Waals surface area contributed by atoms with E-state index in [-0.39, 0.29) is 28.2 Å². The molecule has 1 atom stereocenters. The Labute approximate surface area is 177 Å². The van der Waals surface area contributed by atoms with Gasteiger partial charge in [0, 0.05) is 11.1 Å². The van der Waals surface area contributed by atoms with Crippen molar-refractivity contribution >= 4 is 49.2 Å². The number of benzene rings is 2. The van der Waals surface area contributed by atoms with Crippen molar-refractivity contribution < 1.29 is 22.7 Å². The smallest absolute Gasteiger partial charge is 0.339 e. The molecule has 0 aliphatic carbocycles. The zero-order valence-corrected chi connectivity index (χ0v) is 18.2. The molecule has 9 heteroatoms. The second-order valence-corrected chi connectivity index (χ2v) is 9.41. The molecule has 0 aromatic heterocycles. The largest absolute Gasteiger partial charge is 0.459 e. The number of hydrogen-bond acceptors (Lipinski definition) is 5. The van der Waals surface area contributed by atoms with Crippen molar-refractivity contribution in [3.63, 3.8) is 0 Å². The van der Waals surface area contributed by atoms with Crippen LogP contribution in [0.4, 0.5) is 5.69 Å². The molecular formula is C19H19BrClNO5S. The zero-order valence-electron chi connectivity index (χ0n) is 15.1. The van der Waals surface area contributed by atoms with E-state index in [4.69, 9.17) is 21.1 Å². The number of rotatable bonds is 6. The first kappa shape index (κ1) is 21.1. The Balaban J connectivity index is 1.80. The van der Waals surface area contributed by atoms with Gasteiger partial charge in [0.25, 0.3) is 10.0 Å². The van der Waals surface area contributed by atoms with Gasteiger partial charge < -0.3 is 9.47 Å². The lowest BCUT2D eigenvalue weighted by molar-refractivity contribution is 0.0161. The number of anilines is 1. The van der Waals surface area contributed by atoms with Gasteiger partial charge in [0.15, 0.2) is 0 Å². The molecule has 0 spiro atoms. The average Bonchev–Trinajstić information content (AvgIpc) is 3.16. The molecule has 6 nitrogen and oxygen atoms in total. The van der Waals surface area contributed by atoms with E-state index in [0.717, 1.165) is 18.4 Å². The standard InChI is InChI=1S/C19H19BrClNO5S/c1-12-4-6-16(20)18(9-12)22-28(24,25)14-5-7-17(21)15(10-14)19(23)27-11-13-3-2-8-26-13/h4-7,9-10,13,22H,2-3,8,11H2,1H3. The summed E-state index contributed by atoms with van der Waals surface area (Å²) in [7, 11) is -3.93. The SMILES string of the molecule is Cc1ccc(Br)c(NS(=O)(=O)c2ccc(Cl)c(C(=O)OCC3CCCO3)c2)c1. The predicted octanol–water partition coefficient (Wildman–Crippen LogP) is 4.55. The van der Waals surface area contributed by atoms with Crippen LogP contribution in [-0.2, 0) is 19.5 Å². The van der Waals surface area contributed by atoms with E-state index in [1.807, 2.05) is 13.0 Å². The van der Waals surface area contributed by atoms with Gasteiger partial charge in [0.1, 0.15) is 6.61 Å². The Hall–Kier alpha value is -1.61. The Kier molecular flexibility index (Phi) is 6.65. The van der Waals surface area contributed by atoms with Crippen molar-refractivity contribution in [1.29, 1.82) is 0 Å². The molecule has 1 fully saturated rings. The summed E-state index contributed by atoms with van der Waals surface area (Å²) in [4.78, 5) is 12.3. The molecule has 0 saturated carbocycles. The molecule has 1 aliphatic rings. The molecule has 0 amide bonds. The van der Waals surface area contributed by atoms with Gasteiger partial charge in [0.2, 0.25) is 0 Å². The van der Waals surface area contributed by atoms with Crippen LogP contribution in [0.5, 0.6) is 0 Å². The highest BCUT2D eigenvalue weighted by Crippen LogP contribution is 2.28. The number of hydrogen-bond donors (Lipinski definition) is 1. The summed E-state index contributed by atoms with van der Waals surface area (Å²) < 4.78 is 39.3. The first-order valence-electron chi connectivity index (χ1n) is 8.63. The molecule has 2 aromatic carbocycles. The van der Waals surface area contributed by atoms with Gasteiger partial charge in [-0.1, -0.05) is 17.7 Å². The predicted molar refractivity (Wildman–Crippen MR) is 110 cm³/mol. The first-order chi connectivity index (χ1) is 13.3. The molecule has 1 N–H and O–H groups in total. The summed E-state index contributed by atoms with van der Waals surface area (Å²) in [6.45, 7) is 2.62. The van der Waals surface area contributed by atoms with E-state index in [9.17, 15) is 13.2 Å². The normalized spacial score (nSPS) is 16.8. The highest BCUT2D eigenvalue weighted by molar-refractivity contribution is 9.10. The fourth-order valence-corrected chi connectivity index (χ4v) is 4.54. The molecule has 28 heavy (non-hydrogen) atoms. The van der Waals surface area contributed by atoms with Gasteiger partial charge in [-0.05, 0) is 71.6 Å². The molecule has 3 rings (SSSR count). The van der Waals surface area contributed by atoms with Crippen molar-refractivity contribution in [3.8, 4) is 0 Å². The Morgan fingerprint density at radius 2 is 2.11 bits per heavy atom. The third-order valence-electron chi connectivity index (χ3n) is 4.26. The van der Waals surface area contributed by atoms with E-state index in [2.05, 4.69) is 20.7 Å². The number of ether oxygens (including phenoxy) is 2. The van der Waals surface area contributed by atoms with E-state index in [0.29, 0.717) is 16.8 Å². The quantitative estimate of drug-likeness (QED) is 0.603. The van der Waals surface area contributed by atoms with Gasteiger partial charge in [0.05, 0.1) is 27.3 Å². The summed E-state index contributed by atoms with van der Waals surface area (Å²) in [5.41, 5.74) is 1.29. The summed E-state index contributed by atoms with van der Waals surface area (Å²) in [6, 6.07) is 9.23. The van der Waals surface area contributed by atoms with Gasteiger partial charge in [-0.15, -0.1) is 0 Å². The van der Waals surface area contributed by atoms with Gasteiger partial charge in [-0.3, -0.25) is 4.72 Å². The van der Waals surface area contributed by atoms with Crippen molar-refractivity contribution in [2.45, 2.75) is 30.8 Å². The summed E-state index contributed by atoms with van der Waals surface area (Å²) in [5, 5.41) is 0.119. The number of sulfonamides is 1. The van der Waals surface area contributed by atoms with Crippen LogP contribution in [0.15, 0.2) is 45.8 Å². The molecular weight excluding hydrogens is 470 g/mol. The minimum atomic E-state index is -3.93.